The monoisotopic (exact) mass is 321 g/mol. The molecule has 0 aromatic heterocycles. The summed E-state index contributed by atoms with van der Waals surface area (Å²) in [4.78, 5) is 24.9. The maximum atomic E-state index is 12.5. The molecule has 0 aliphatic heterocycles. The third-order valence-electron chi connectivity index (χ3n) is 3.16. The van der Waals surface area contributed by atoms with Crippen molar-refractivity contribution in [3.63, 3.8) is 0 Å². The van der Waals surface area contributed by atoms with Crippen molar-refractivity contribution >= 4 is 11.9 Å². The molecule has 0 saturated heterocycles. The molecule has 1 amide bonds. The Morgan fingerprint density at radius 1 is 1.22 bits per heavy atom. The van der Waals surface area contributed by atoms with Gasteiger partial charge in [-0.05, 0) is 37.5 Å². The number of benzene rings is 1. The molecule has 0 heterocycles. The molecule has 0 spiro atoms. The Balaban J connectivity index is 2.74. The van der Waals surface area contributed by atoms with Crippen molar-refractivity contribution in [3.8, 4) is 5.75 Å². The van der Waals surface area contributed by atoms with Crippen molar-refractivity contribution in [3.05, 3.63) is 29.8 Å². The van der Waals surface area contributed by atoms with Crippen LogP contribution in [0.3, 0.4) is 0 Å². The molecule has 0 atom stereocenters. The number of carbonyl (C=O) groups excluding carboxylic acids is 1. The van der Waals surface area contributed by atoms with Crippen LogP contribution in [0.15, 0.2) is 24.3 Å². The number of carboxylic acids is 1. The second kappa shape index (κ2) is 9.18. The fourth-order valence-corrected chi connectivity index (χ4v) is 2.28. The first-order chi connectivity index (χ1) is 10.8. The van der Waals surface area contributed by atoms with E-state index < -0.39 is 5.97 Å². The second-order valence-electron chi connectivity index (χ2n) is 6.37. The van der Waals surface area contributed by atoms with Crippen molar-refractivity contribution < 1.29 is 19.4 Å². The zero-order valence-electron chi connectivity index (χ0n) is 14.4. The van der Waals surface area contributed by atoms with E-state index in [1.54, 1.807) is 4.90 Å². The number of nitrogens with zero attached hydrogens (tertiary/aromatic N) is 1. The van der Waals surface area contributed by atoms with Gasteiger partial charge in [0, 0.05) is 13.1 Å². The molecule has 1 aromatic carbocycles. The summed E-state index contributed by atoms with van der Waals surface area (Å²) in [6, 6.07) is 7.48. The zero-order valence-corrected chi connectivity index (χ0v) is 14.4. The van der Waals surface area contributed by atoms with E-state index in [-0.39, 0.29) is 31.4 Å². The number of aliphatic carboxylic acids is 1. The molecule has 0 aliphatic carbocycles. The van der Waals surface area contributed by atoms with E-state index >= 15 is 0 Å². The highest BCUT2D eigenvalue weighted by atomic mass is 16.5. The summed E-state index contributed by atoms with van der Waals surface area (Å²) in [7, 11) is 0. The van der Waals surface area contributed by atoms with E-state index in [1.165, 1.54) is 0 Å². The molecule has 5 nitrogen and oxygen atoms in total. The highest BCUT2D eigenvalue weighted by Crippen LogP contribution is 2.16. The predicted octanol–water partition coefficient (Wildman–Crippen LogP) is 2.98. The van der Waals surface area contributed by atoms with Gasteiger partial charge in [-0.3, -0.25) is 9.59 Å². The highest BCUT2D eigenvalue weighted by molar-refractivity contribution is 5.79. The third-order valence-corrected chi connectivity index (χ3v) is 3.16. The summed E-state index contributed by atoms with van der Waals surface area (Å²) in [5.41, 5.74) is 0.872. The summed E-state index contributed by atoms with van der Waals surface area (Å²) in [6.45, 7) is 8.74. The summed E-state index contributed by atoms with van der Waals surface area (Å²) in [5, 5.41) is 8.83. The summed E-state index contributed by atoms with van der Waals surface area (Å²) in [5.74, 6) is 0.0927. The molecule has 1 rings (SSSR count). The fraction of sp³-hybridized carbons (Fsp3) is 0.556. The lowest BCUT2D eigenvalue weighted by atomic mass is 10.1. The number of amides is 1. The Hall–Kier alpha value is -2.04. The van der Waals surface area contributed by atoms with Crippen LogP contribution >= 0.6 is 0 Å². The summed E-state index contributed by atoms with van der Waals surface area (Å²) in [6.07, 6.45) is 0.297. The molecule has 128 valence electrons. The Morgan fingerprint density at radius 2 is 1.91 bits per heavy atom. The van der Waals surface area contributed by atoms with Crippen LogP contribution in [0.4, 0.5) is 0 Å². The van der Waals surface area contributed by atoms with Crippen LogP contribution < -0.4 is 4.74 Å². The lowest BCUT2D eigenvalue weighted by molar-refractivity contribution is -0.138. The Morgan fingerprint density at radius 3 is 2.48 bits per heavy atom. The molecule has 0 radical (unpaired) electrons. The van der Waals surface area contributed by atoms with Gasteiger partial charge < -0.3 is 14.7 Å². The van der Waals surface area contributed by atoms with Gasteiger partial charge in [0.15, 0.2) is 0 Å². The van der Waals surface area contributed by atoms with Crippen LogP contribution in [-0.4, -0.2) is 41.1 Å². The molecule has 0 fully saturated rings. The van der Waals surface area contributed by atoms with E-state index in [9.17, 15) is 9.59 Å². The van der Waals surface area contributed by atoms with Crippen LogP contribution in [0.5, 0.6) is 5.75 Å². The van der Waals surface area contributed by atoms with E-state index in [1.807, 2.05) is 52.0 Å². The number of ether oxygens (including phenoxy) is 1. The van der Waals surface area contributed by atoms with Gasteiger partial charge in [-0.1, -0.05) is 26.0 Å². The number of hydrogen-bond acceptors (Lipinski definition) is 3. The maximum absolute atomic E-state index is 12.5. The third kappa shape index (κ3) is 7.68. The molecule has 5 heteroatoms. The minimum absolute atomic E-state index is 0.0328. The minimum Gasteiger partial charge on any atom is -0.491 e. The van der Waals surface area contributed by atoms with Crippen LogP contribution in [-0.2, 0) is 16.0 Å². The molecule has 1 N–H and O–H groups in total. The van der Waals surface area contributed by atoms with Gasteiger partial charge in [0.2, 0.25) is 5.91 Å². The Labute approximate surface area is 138 Å². The molecule has 0 unspecified atom stereocenters. The van der Waals surface area contributed by atoms with Gasteiger partial charge in [0.1, 0.15) is 5.75 Å². The van der Waals surface area contributed by atoms with Gasteiger partial charge in [-0.2, -0.15) is 0 Å². The lowest BCUT2D eigenvalue weighted by Gasteiger charge is -2.24. The van der Waals surface area contributed by atoms with E-state index in [2.05, 4.69) is 0 Å². The summed E-state index contributed by atoms with van der Waals surface area (Å²) >= 11 is 0. The lowest BCUT2D eigenvalue weighted by Crippen LogP contribution is -2.37. The number of rotatable bonds is 9. The van der Waals surface area contributed by atoms with Gasteiger partial charge in [-0.25, -0.2) is 0 Å². The van der Waals surface area contributed by atoms with E-state index in [0.29, 0.717) is 12.5 Å². The zero-order chi connectivity index (χ0) is 17.4. The number of carbonyl (C=O) groups is 2. The predicted molar refractivity (Wildman–Crippen MR) is 89.6 cm³/mol. The van der Waals surface area contributed by atoms with Crippen molar-refractivity contribution in [2.45, 2.75) is 46.6 Å². The van der Waals surface area contributed by atoms with Crippen LogP contribution in [0.25, 0.3) is 0 Å². The molecular formula is C18H27NO4. The van der Waals surface area contributed by atoms with Crippen molar-refractivity contribution in [2.24, 2.45) is 5.92 Å². The van der Waals surface area contributed by atoms with Gasteiger partial charge in [0.25, 0.3) is 0 Å². The minimum atomic E-state index is -0.890. The average Bonchev–Trinajstić information content (AvgIpc) is 2.42. The normalized spacial score (nSPS) is 10.9. The molecule has 0 aliphatic rings. The standard InChI is InChI=1S/C18H27NO4/c1-13(2)12-19(9-8-18(21)22)17(20)11-15-6-5-7-16(10-15)23-14(3)4/h5-7,10,13-14H,8-9,11-12H2,1-4H3,(H,21,22). The van der Waals surface area contributed by atoms with Crippen LogP contribution in [0, 0.1) is 5.92 Å². The Bertz CT molecular complexity index is 526. The SMILES string of the molecule is CC(C)CN(CCC(=O)O)C(=O)Cc1cccc(OC(C)C)c1. The first kappa shape index (κ1) is 19.0. The average molecular weight is 321 g/mol. The van der Waals surface area contributed by atoms with E-state index in [0.717, 1.165) is 11.3 Å². The molecule has 1 aromatic rings. The van der Waals surface area contributed by atoms with Gasteiger partial charge in [-0.15, -0.1) is 0 Å². The van der Waals surface area contributed by atoms with Crippen LogP contribution in [0.1, 0.15) is 39.7 Å². The van der Waals surface area contributed by atoms with Gasteiger partial charge >= 0.3 is 5.97 Å². The maximum Gasteiger partial charge on any atom is 0.305 e. The largest absolute Gasteiger partial charge is 0.491 e. The number of carboxylic acid groups (broad SMARTS) is 1. The van der Waals surface area contributed by atoms with Crippen molar-refractivity contribution in [1.82, 2.24) is 4.90 Å². The first-order valence-corrected chi connectivity index (χ1v) is 8.03. The molecule has 0 saturated carbocycles. The molecule has 23 heavy (non-hydrogen) atoms. The fourth-order valence-electron chi connectivity index (χ4n) is 2.28. The quantitative estimate of drug-likeness (QED) is 0.759. The smallest absolute Gasteiger partial charge is 0.305 e. The topological polar surface area (TPSA) is 66.8 Å². The van der Waals surface area contributed by atoms with Gasteiger partial charge in [0.05, 0.1) is 18.9 Å². The highest BCUT2D eigenvalue weighted by Gasteiger charge is 2.17. The number of hydrogen-bond donors (Lipinski definition) is 1. The van der Waals surface area contributed by atoms with Crippen molar-refractivity contribution in [2.75, 3.05) is 13.1 Å². The second-order valence-corrected chi connectivity index (χ2v) is 6.37. The summed E-state index contributed by atoms with van der Waals surface area (Å²) < 4.78 is 5.64. The van der Waals surface area contributed by atoms with Crippen molar-refractivity contribution in [1.29, 1.82) is 0 Å². The Kier molecular flexibility index (Phi) is 7.59. The van der Waals surface area contributed by atoms with Crippen LogP contribution in [0.2, 0.25) is 0 Å². The molecule has 0 bridgehead atoms. The molecular weight excluding hydrogens is 294 g/mol. The van der Waals surface area contributed by atoms with E-state index in [4.69, 9.17) is 9.84 Å². The first-order valence-electron chi connectivity index (χ1n) is 8.03.